The van der Waals surface area contributed by atoms with Crippen molar-refractivity contribution in [1.82, 2.24) is 4.90 Å². The summed E-state index contributed by atoms with van der Waals surface area (Å²) in [5.74, 6) is -2.49. The highest BCUT2D eigenvalue weighted by Gasteiger charge is 2.37. The van der Waals surface area contributed by atoms with Gasteiger partial charge in [-0.2, -0.15) is 0 Å². The molecule has 64 valence electrons. The second-order valence-electron chi connectivity index (χ2n) is 2.70. The lowest BCUT2D eigenvalue weighted by Gasteiger charge is -2.11. The highest BCUT2D eigenvalue weighted by molar-refractivity contribution is 6.25. The van der Waals surface area contributed by atoms with Gasteiger partial charge in [-0.25, -0.2) is 8.78 Å². The molecule has 1 fully saturated rings. The van der Waals surface area contributed by atoms with E-state index in [1.54, 1.807) is 11.0 Å². The fourth-order valence-corrected chi connectivity index (χ4v) is 1.23. The van der Waals surface area contributed by atoms with Gasteiger partial charge in [-0.05, 0) is 0 Å². The van der Waals surface area contributed by atoms with E-state index < -0.39 is 5.92 Å². The molecule has 0 unspecified atom stereocenters. The highest BCUT2D eigenvalue weighted by Crippen LogP contribution is 2.26. The molecule has 1 aliphatic heterocycles. The first-order valence-corrected chi connectivity index (χ1v) is 3.93. The summed E-state index contributed by atoms with van der Waals surface area (Å²) in [5, 5.41) is 0. The van der Waals surface area contributed by atoms with E-state index in [9.17, 15) is 8.78 Å². The molecular weight excluding hydrogens is 172 g/mol. The fraction of sp³-hybridized carbons (Fsp3) is 0.714. The summed E-state index contributed by atoms with van der Waals surface area (Å²) in [6.45, 7) is 0.863. The van der Waals surface area contributed by atoms with Gasteiger partial charge in [-0.15, -0.1) is 0 Å². The number of hydrogen-bond acceptors (Lipinski definition) is 1. The van der Waals surface area contributed by atoms with Crippen LogP contribution in [0.25, 0.3) is 0 Å². The zero-order valence-electron chi connectivity index (χ0n) is 6.06. The molecule has 1 aliphatic rings. The lowest BCUT2D eigenvalue weighted by atomic mass is 10.3. The number of likely N-dealkylation sites (tertiary alicyclic amines) is 1. The van der Waals surface area contributed by atoms with Crippen LogP contribution >= 0.6 is 11.6 Å². The third kappa shape index (κ3) is 2.75. The van der Waals surface area contributed by atoms with Crippen molar-refractivity contribution in [2.24, 2.45) is 0 Å². The molecule has 0 atom stereocenters. The van der Waals surface area contributed by atoms with Gasteiger partial charge in [0.25, 0.3) is 5.92 Å². The van der Waals surface area contributed by atoms with Crippen LogP contribution in [0.5, 0.6) is 0 Å². The molecule has 0 spiro atoms. The quantitative estimate of drug-likeness (QED) is 0.631. The standard InChI is InChI=1S/C7H10ClF2N/c8-3-1-4-11-5-2-7(9,10)6-11/h1,3H,2,4-6H2/b3-1+. The molecule has 0 aromatic carbocycles. The Morgan fingerprint density at radius 2 is 2.27 bits per heavy atom. The van der Waals surface area contributed by atoms with Gasteiger partial charge in [0.05, 0.1) is 6.54 Å². The van der Waals surface area contributed by atoms with Crippen molar-refractivity contribution in [1.29, 1.82) is 0 Å². The lowest BCUT2D eigenvalue weighted by Crippen LogP contribution is -2.25. The minimum Gasteiger partial charge on any atom is -0.294 e. The average Bonchev–Trinajstić information content (AvgIpc) is 2.26. The summed E-state index contributed by atoms with van der Waals surface area (Å²) in [5.41, 5.74) is 1.36. The normalized spacial score (nSPS) is 25.0. The molecule has 1 saturated heterocycles. The summed E-state index contributed by atoms with van der Waals surface area (Å²) >= 11 is 5.26. The summed E-state index contributed by atoms with van der Waals surface area (Å²) < 4.78 is 25.0. The van der Waals surface area contributed by atoms with Gasteiger partial charge < -0.3 is 0 Å². The number of nitrogens with zero attached hydrogens (tertiary/aromatic N) is 1. The van der Waals surface area contributed by atoms with E-state index in [0.29, 0.717) is 13.1 Å². The molecule has 0 amide bonds. The summed E-state index contributed by atoms with van der Waals surface area (Å²) in [4.78, 5) is 1.68. The Morgan fingerprint density at radius 3 is 2.73 bits per heavy atom. The van der Waals surface area contributed by atoms with E-state index in [2.05, 4.69) is 0 Å². The molecule has 0 N–H and O–H groups in total. The third-order valence-electron chi connectivity index (χ3n) is 1.70. The molecule has 0 radical (unpaired) electrons. The average molecular weight is 182 g/mol. The van der Waals surface area contributed by atoms with Crippen molar-refractivity contribution < 1.29 is 8.78 Å². The van der Waals surface area contributed by atoms with E-state index >= 15 is 0 Å². The summed E-state index contributed by atoms with van der Waals surface area (Å²) in [7, 11) is 0. The van der Waals surface area contributed by atoms with Crippen molar-refractivity contribution >= 4 is 11.6 Å². The number of alkyl halides is 2. The summed E-state index contributed by atoms with van der Waals surface area (Å²) in [6, 6.07) is 0. The van der Waals surface area contributed by atoms with Gasteiger partial charge >= 0.3 is 0 Å². The molecule has 4 heteroatoms. The van der Waals surface area contributed by atoms with Gasteiger partial charge in [0, 0.05) is 25.0 Å². The van der Waals surface area contributed by atoms with Crippen LogP contribution in [0.15, 0.2) is 11.6 Å². The first-order valence-electron chi connectivity index (χ1n) is 3.49. The van der Waals surface area contributed by atoms with E-state index in [4.69, 9.17) is 11.6 Å². The molecule has 0 aliphatic carbocycles. The maximum Gasteiger partial charge on any atom is 0.261 e. The molecule has 0 saturated carbocycles. The predicted molar refractivity (Wildman–Crippen MR) is 41.0 cm³/mol. The van der Waals surface area contributed by atoms with Gasteiger partial charge in [-0.1, -0.05) is 17.7 Å². The van der Waals surface area contributed by atoms with E-state index in [0.717, 1.165) is 0 Å². The molecule has 1 nitrogen and oxygen atoms in total. The minimum atomic E-state index is -2.49. The molecule has 0 bridgehead atoms. The van der Waals surface area contributed by atoms with Crippen LogP contribution in [-0.2, 0) is 0 Å². The molecule has 1 rings (SSSR count). The monoisotopic (exact) mass is 181 g/mol. The number of rotatable bonds is 2. The minimum absolute atomic E-state index is 0.0247. The summed E-state index contributed by atoms with van der Waals surface area (Å²) in [6.07, 6.45) is 1.64. The Bertz CT molecular complexity index is 159. The largest absolute Gasteiger partial charge is 0.294 e. The number of hydrogen-bond donors (Lipinski definition) is 0. The van der Waals surface area contributed by atoms with Crippen LogP contribution in [0.4, 0.5) is 8.78 Å². The van der Waals surface area contributed by atoms with Gasteiger partial charge in [-0.3, -0.25) is 4.90 Å². The van der Waals surface area contributed by atoms with Crippen LogP contribution in [0.2, 0.25) is 0 Å². The van der Waals surface area contributed by atoms with E-state index in [1.807, 2.05) is 0 Å². The predicted octanol–water partition coefficient (Wildman–Crippen LogP) is 2.08. The van der Waals surface area contributed by atoms with Crippen LogP contribution in [0.1, 0.15) is 6.42 Å². The zero-order chi connectivity index (χ0) is 8.32. The second-order valence-corrected chi connectivity index (χ2v) is 2.95. The molecule has 0 aromatic heterocycles. The van der Waals surface area contributed by atoms with Gasteiger partial charge in [0.15, 0.2) is 0 Å². The Kier molecular flexibility index (Phi) is 2.84. The van der Waals surface area contributed by atoms with Crippen LogP contribution < -0.4 is 0 Å². The Labute approximate surface area is 69.6 Å². The van der Waals surface area contributed by atoms with Crippen molar-refractivity contribution in [2.75, 3.05) is 19.6 Å². The Hall–Kier alpha value is -0.150. The van der Waals surface area contributed by atoms with Crippen LogP contribution in [0.3, 0.4) is 0 Å². The topological polar surface area (TPSA) is 3.24 Å². The van der Waals surface area contributed by atoms with E-state index in [-0.39, 0.29) is 13.0 Å². The van der Waals surface area contributed by atoms with Crippen molar-refractivity contribution in [3.63, 3.8) is 0 Å². The van der Waals surface area contributed by atoms with Gasteiger partial charge in [0.2, 0.25) is 0 Å². The SMILES string of the molecule is FC1(F)CCN(C/C=C/Cl)C1. The smallest absolute Gasteiger partial charge is 0.261 e. The molecule has 11 heavy (non-hydrogen) atoms. The molecular formula is C7H10ClF2N. The van der Waals surface area contributed by atoms with Crippen molar-refractivity contribution in [2.45, 2.75) is 12.3 Å². The molecule has 1 heterocycles. The fourth-order valence-electron chi connectivity index (χ4n) is 1.15. The maximum atomic E-state index is 12.5. The highest BCUT2D eigenvalue weighted by atomic mass is 35.5. The van der Waals surface area contributed by atoms with Crippen molar-refractivity contribution in [3.8, 4) is 0 Å². The Balaban J connectivity index is 2.30. The maximum absolute atomic E-state index is 12.5. The van der Waals surface area contributed by atoms with Crippen molar-refractivity contribution in [3.05, 3.63) is 11.6 Å². The molecule has 0 aromatic rings. The second kappa shape index (κ2) is 3.50. The first-order chi connectivity index (χ1) is 5.14. The first kappa shape index (κ1) is 8.94. The van der Waals surface area contributed by atoms with Gasteiger partial charge in [0.1, 0.15) is 0 Å². The Morgan fingerprint density at radius 1 is 1.55 bits per heavy atom. The van der Waals surface area contributed by atoms with Crippen LogP contribution in [-0.4, -0.2) is 30.5 Å². The van der Waals surface area contributed by atoms with E-state index in [1.165, 1.54) is 5.54 Å². The lowest BCUT2D eigenvalue weighted by molar-refractivity contribution is 0.0133. The van der Waals surface area contributed by atoms with Crippen LogP contribution in [0, 0.1) is 0 Å². The third-order valence-corrected chi connectivity index (χ3v) is 1.88. The zero-order valence-corrected chi connectivity index (χ0v) is 6.82. The number of halogens is 3.